The number of aromatic nitrogens is 2. The second kappa shape index (κ2) is 8.39. The summed E-state index contributed by atoms with van der Waals surface area (Å²) in [5.41, 5.74) is 1.13. The van der Waals surface area contributed by atoms with Crippen LogP contribution in [0, 0.1) is 0 Å². The van der Waals surface area contributed by atoms with Gasteiger partial charge < -0.3 is 19.9 Å². The molecule has 2 aromatic rings. The Balaban J connectivity index is 1.93. The zero-order valence-corrected chi connectivity index (χ0v) is 17.4. The van der Waals surface area contributed by atoms with E-state index in [0.29, 0.717) is 31.6 Å². The van der Waals surface area contributed by atoms with Crippen LogP contribution < -0.4 is 5.32 Å². The van der Waals surface area contributed by atoms with Crippen molar-refractivity contribution in [2.24, 2.45) is 0 Å². The molecule has 0 unspecified atom stereocenters. The molecule has 0 amide bonds. The Morgan fingerprint density at radius 2 is 2.15 bits per heavy atom. The van der Waals surface area contributed by atoms with Crippen molar-refractivity contribution in [3.63, 3.8) is 0 Å². The van der Waals surface area contributed by atoms with E-state index in [1.807, 2.05) is 0 Å². The van der Waals surface area contributed by atoms with Gasteiger partial charge in [-0.05, 0) is 19.4 Å². The van der Waals surface area contributed by atoms with E-state index < -0.39 is 0 Å². The zero-order chi connectivity index (χ0) is 18.7. The van der Waals surface area contributed by atoms with Gasteiger partial charge in [0.25, 0.3) is 0 Å². The first-order valence-electron chi connectivity index (χ1n) is 8.95. The summed E-state index contributed by atoms with van der Waals surface area (Å²) in [4.78, 5) is 11.9. The summed E-state index contributed by atoms with van der Waals surface area (Å²) in [6.45, 7) is 10.7. The first-order valence-corrected chi connectivity index (χ1v) is 10.6. The summed E-state index contributed by atoms with van der Waals surface area (Å²) in [7, 11) is 0. The minimum Gasteiger partial charge on any atom is -0.394 e. The normalized spacial score (nSPS) is 16.2. The quantitative estimate of drug-likeness (QED) is 0.401. The molecule has 0 aliphatic carbocycles. The maximum Gasteiger partial charge on any atom is 0.191 e. The molecule has 0 radical (unpaired) electrons. The van der Waals surface area contributed by atoms with Crippen LogP contribution in [-0.4, -0.2) is 52.3 Å². The SMILES string of the molecule is CC(C)Sc1nc(NCCOCCO)c2c3c(sc2n1)COC(C)(C)C3. The standard InChI is InChI=1S/C18H27N3O3S2/c1-11(2)25-17-20-15(19-5-7-23-8-6-22)14-12-9-18(3,4)24-10-13(12)26-16(14)21-17/h11,22H,5-10H2,1-4H3,(H,19,20,21). The summed E-state index contributed by atoms with van der Waals surface area (Å²) in [5, 5.41) is 14.6. The zero-order valence-electron chi connectivity index (χ0n) is 15.8. The van der Waals surface area contributed by atoms with E-state index in [9.17, 15) is 0 Å². The topological polar surface area (TPSA) is 76.5 Å². The highest BCUT2D eigenvalue weighted by molar-refractivity contribution is 7.99. The molecule has 1 aliphatic rings. The molecule has 0 fully saturated rings. The molecular weight excluding hydrogens is 370 g/mol. The number of hydrogen-bond donors (Lipinski definition) is 2. The third-order valence-corrected chi connectivity index (χ3v) is 5.99. The first kappa shape index (κ1) is 19.8. The highest BCUT2D eigenvalue weighted by atomic mass is 32.2. The second-order valence-electron chi connectivity index (χ2n) is 7.19. The summed E-state index contributed by atoms with van der Waals surface area (Å²) in [6, 6.07) is 0. The average Bonchev–Trinajstić information content (AvgIpc) is 2.90. The van der Waals surface area contributed by atoms with Gasteiger partial charge in [-0.15, -0.1) is 11.3 Å². The predicted molar refractivity (Wildman–Crippen MR) is 107 cm³/mol. The van der Waals surface area contributed by atoms with Crippen LogP contribution in [0.3, 0.4) is 0 Å². The van der Waals surface area contributed by atoms with Crippen molar-refractivity contribution in [1.82, 2.24) is 9.97 Å². The summed E-state index contributed by atoms with van der Waals surface area (Å²) >= 11 is 3.38. The van der Waals surface area contributed by atoms with Crippen LogP contribution in [0.2, 0.25) is 0 Å². The lowest BCUT2D eigenvalue weighted by molar-refractivity contribution is -0.0379. The fourth-order valence-electron chi connectivity index (χ4n) is 2.93. The number of thiophene rings is 1. The van der Waals surface area contributed by atoms with E-state index in [0.717, 1.165) is 27.6 Å². The number of nitrogens with one attached hydrogen (secondary N) is 1. The van der Waals surface area contributed by atoms with Crippen LogP contribution in [0.15, 0.2) is 5.16 Å². The Morgan fingerprint density at radius 3 is 2.88 bits per heavy atom. The van der Waals surface area contributed by atoms with Crippen LogP contribution >= 0.6 is 23.1 Å². The molecule has 144 valence electrons. The van der Waals surface area contributed by atoms with Crippen molar-refractivity contribution in [2.75, 3.05) is 31.7 Å². The van der Waals surface area contributed by atoms with E-state index in [2.05, 4.69) is 33.0 Å². The first-order chi connectivity index (χ1) is 12.4. The number of anilines is 1. The average molecular weight is 398 g/mol. The van der Waals surface area contributed by atoms with Gasteiger partial charge in [0, 0.05) is 23.1 Å². The molecule has 0 aromatic carbocycles. The Hall–Kier alpha value is -0.930. The number of hydrogen-bond acceptors (Lipinski definition) is 8. The third-order valence-electron chi connectivity index (χ3n) is 4.03. The molecule has 0 spiro atoms. The Labute approximate surface area is 162 Å². The van der Waals surface area contributed by atoms with Gasteiger partial charge in [-0.25, -0.2) is 9.97 Å². The maximum atomic E-state index is 8.82. The Bertz CT molecular complexity index is 762. The molecule has 1 aliphatic heterocycles. The van der Waals surface area contributed by atoms with E-state index in [1.165, 1.54) is 10.4 Å². The van der Waals surface area contributed by atoms with Crippen LogP contribution in [-0.2, 0) is 22.5 Å². The van der Waals surface area contributed by atoms with Gasteiger partial charge in [-0.1, -0.05) is 25.6 Å². The van der Waals surface area contributed by atoms with Gasteiger partial charge >= 0.3 is 0 Å². The molecule has 2 N–H and O–H groups in total. The van der Waals surface area contributed by atoms with Gasteiger partial charge in [-0.2, -0.15) is 0 Å². The fourth-order valence-corrected chi connectivity index (χ4v) is 4.80. The van der Waals surface area contributed by atoms with Crippen LogP contribution in [0.5, 0.6) is 0 Å². The number of ether oxygens (including phenoxy) is 2. The number of thioether (sulfide) groups is 1. The lowest BCUT2D eigenvalue weighted by Crippen LogP contribution is -2.31. The lowest BCUT2D eigenvalue weighted by Gasteiger charge is -2.30. The van der Waals surface area contributed by atoms with Gasteiger partial charge in [-0.3, -0.25) is 0 Å². The van der Waals surface area contributed by atoms with Crippen molar-refractivity contribution in [3.05, 3.63) is 10.4 Å². The Morgan fingerprint density at radius 1 is 1.35 bits per heavy atom. The molecule has 6 nitrogen and oxygen atoms in total. The molecule has 0 saturated carbocycles. The summed E-state index contributed by atoms with van der Waals surface area (Å²) in [5.74, 6) is 0.876. The molecule has 2 aromatic heterocycles. The fraction of sp³-hybridized carbons (Fsp3) is 0.667. The van der Waals surface area contributed by atoms with Crippen LogP contribution in [0.25, 0.3) is 10.2 Å². The van der Waals surface area contributed by atoms with Crippen molar-refractivity contribution >= 4 is 39.1 Å². The van der Waals surface area contributed by atoms with Crippen molar-refractivity contribution in [1.29, 1.82) is 0 Å². The van der Waals surface area contributed by atoms with E-state index in [4.69, 9.17) is 24.5 Å². The van der Waals surface area contributed by atoms with Crippen LogP contribution in [0.1, 0.15) is 38.1 Å². The third kappa shape index (κ3) is 4.67. The number of rotatable bonds is 8. The molecule has 26 heavy (non-hydrogen) atoms. The second-order valence-corrected chi connectivity index (χ2v) is 9.82. The van der Waals surface area contributed by atoms with Gasteiger partial charge in [0.05, 0.1) is 37.4 Å². The highest BCUT2D eigenvalue weighted by Gasteiger charge is 2.31. The summed E-state index contributed by atoms with van der Waals surface area (Å²) in [6.07, 6.45) is 0.859. The summed E-state index contributed by atoms with van der Waals surface area (Å²) < 4.78 is 11.3. The van der Waals surface area contributed by atoms with Crippen molar-refractivity contribution in [2.45, 2.75) is 56.7 Å². The van der Waals surface area contributed by atoms with Crippen molar-refractivity contribution in [3.8, 4) is 0 Å². The van der Waals surface area contributed by atoms with E-state index in [1.54, 1.807) is 23.1 Å². The highest BCUT2D eigenvalue weighted by Crippen LogP contribution is 2.41. The lowest BCUT2D eigenvalue weighted by atomic mass is 9.94. The monoisotopic (exact) mass is 397 g/mol. The van der Waals surface area contributed by atoms with E-state index >= 15 is 0 Å². The van der Waals surface area contributed by atoms with Crippen LogP contribution in [0.4, 0.5) is 5.82 Å². The van der Waals surface area contributed by atoms with Gasteiger partial charge in [0.15, 0.2) is 5.16 Å². The molecule has 3 rings (SSSR count). The minimum atomic E-state index is -0.173. The molecule has 8 heteroatoms. The maximum absolute atomic E-state index is 8.82. The van der Waals surface area contributed by atoms with Gasteiger partial charge in [0.1, 0.15) is 10.6 Å². The number of aliphatic hydroxyl groups is 1. The molecular formula is C18H27N3O3S2. The number of nitrogens with zero attached hydrogens (tertiary/aromatic N) is 2. The molecule has 0 saturated heterocycles. The molecule has 3 heterocycles. The largest absolute Gasteiger partial charge is 0.394 e. The smallest absolute Gasteiger partial charge is 0.191 e. The number of fused-ring (bicyclic) bond motifs is 3. The predicted octanol–water partition coefficient (Wildman–Crippen LogP) is 3.46. The molecule has 0 bridgehead atoms. The van der Waals surface area contributed by atoms with Gasteiger partial charge in [0.2, 0.25) is 0 Å². The Kier molecular flexibility index (Phi) is 6.40. The van der Waals surface area contributed by atoms with Crippen molar-refractivity contribution < 1.29 is 14.6 Å². The molecule has 0 atom stereocenters. The minimum absolute atomic E-state index is 0.0417. The van der Waals surface area contributed by atoms with E-state index in [-0.39, 0.29) is 12.2 Å². The number of aliphatic hydroxyl groups excluding tert-OH is 1.